The van der Waals surface area contributed by atoms with Crippen LogP contribution in [0.3, 0.4) is 0 Å². The van der Waals surface area contributed by atoms with E-state index in [0.717, 1.165) is 51.4 Å². The molecule has 0 spiro atoms. The maximum Gasteiger partial charge on any atom is 0.305 e. The number of unbranched alkanes of at least 4 members (excludes halogenated alkanes) is 16. The van der Waals surface area contributed by atoms with Crippen LogP contribution in [-0.2, 0) is 19.1 Å². The summed E-state index contributed by atoms with van der Waals surface area (Å²) in [5.74, 6) is -0.616. The molecule has 0 rings (SSSR count). The zero-order chi connectivity index (χ0) is 32.2. The summed E-state index contributed by atoms with van der Waals surface area (Å²) in [6.45, 7) is 4.21. The lowest BCUT2D eigenvalue weighted by molar-refractivity contribution is -0.152. The van der Waals surface area contributed by atoms with Gasteiger partial charge in [0.2, 0.25) is 0 Å². The fourth-order valence-corrected chi connectivity index (χ4v) is 4.73. The number of hydrogen-bond acceptors (Lipinski definition) is 5. The van der Waals surface area contributed by atoms with Crippen molar-refractivity contribution in [3.63, 3.8) is 0 Å². The van der Waals surface area contributed by atoms with Crippen LogP contribution in [0.15, 0.2) is 48.6 Å². The van der Waals surface area contributed by atoms with E-state index in [1.54, 1.807) is 0 Å². The van der Waals surface area contributed by atoms with Crippen LogP contribution >= 0.6 is 0 Å². The predicted molar refractivity (Wildman–Crippen MR) is 187 cm³/mol. The van der Waals surface area contributed by atoms with Gasteiger partial charge in [0.1, 0.15) is 19.3 Å². The van der Waals surface area contributed by atoms with Crippen LogP contribution in [0, 0.1) is 0 Å². The van der Waals surface area contributed by atoms with E-state index in [0.29, 0.717) is 12.8 Å². The third-order valence-corrected chi connectivity index (χ3v) is 7.54. The number of carbonyl (C=O) groups is 2. The van der Waals surface area contributed by atoms with Gasteiger partial charge in [0.15, 0.2) is 0 Å². The monoisotopic (exact) mass is 617 g/mol. The van der Waals surface area contributed by atoms with Gasteiger partial charge in [-0.25, -0.2) is 0 Å². The molecule has 0 aromatic rings. The molecule has 0 aliphatic carbocycles. The van der Waals surface area contributed by atoms with Crippen molar-refractivity contribution in [1.29, 1.82) is 0 Å². The van der Waals surface area contributed by atoms with Crippen LogP contribution in [0.25, 0.3) is 0 Å². The summed E-state index contributed by atoms with van der Waals surface area (Å²) in [6, 6.07) is 0. The molecule has 0 aliphatic rings. The van der Waals surface area contributed by atoms with Crippen molar-refractivity contribution < 1.29 is 24.2 Å². The molecule has 0 unspecified atom stereocenters. The average molecular weight is 617 g/mol. The molecular weight excluding hydrogens is 548 g/mol. The normalized spacial score (nSPS) is 12.7. The van der Waals surface area contributed by atoms with Gasteiger partial charge in [-0.3, -0.25) is 9.59 Å². The lowest BCUT2D eigenvalue weighted by Crippen LogP contribution is -2.25. The summed E-state index contributed by atoms with van der Waals surface area (Å²) in [4.78, 5) is 23.8. The van der Waals surface area contributed by atoms with Crippen molar-refractivity contribution in [3.05, 3.63) is 48.6 Å². The van der Waals surface area contributed by atoms with E-state index in [-0.39, 0.29) is 25.2 Å². The molecule has 0 aliphatic heterocycles. The first-order valence-electron chi connectivity index (χ1n) is 18.2. The molecule has 0 fully saturated rings. The Kier molecular flexibility index (Phi) is 33.6. The third-order valence-electron chi connectivity index (χ3n) is 7.54. The molecule has 0 saturated heterocycles. The number of rotatable bonds is 32. The average Bonchev–Trinajstić information content (AvgIpc) is 3.02. The van der Waals surface area contributed by atoms with Crippen LogP contribution in [0.4, 0.5) is 0 Å². The second kappa shape index (κ2) is 35.3. The summed E-state index contributed by atoms with van der Waals surface area (Å²) in [7, 11) is 0. The maximum absolute atomic E-state index is 11.9. The van der Waals surface area contributed by atoms with Gasteiger partial charge >= 0.3 is 11.9 Å². The van der Waals surface area contributed by atoms with Gasteiger partial charge < -0.3 is 14.6 Å². The molecule has 5 nitrogen and oxygen atoms in total. The molecule has 5 heteroatoms. The van der Waals surface area contributed by atoms with Crippen LogP contribution in [0.1, 0.15) is 168 Å². The minimum Gasteiger partial charge on any atom is -0.463 e. The smallest absolute Gasteiger partial charge is 0.305 e. The molecule has 44 heavy (non-hydrogen) atoms. The van der Waals surface area contributed by atoms with E-state index in [1.165, 1.54) is 89.9 Å². The van der Waals surface area contributed by atoms with E-state index in [1.807, 2.05) is 0 Å². The summed E-state index contributed by atoms with van der Waals surface area (Å²) in [6.07, 6.45) is 43.0. The predicted octanol–water partition coefficient (Wildman–Crippen LogP) is 11.1. The lowest BCUT2D eigenvalue weighted by atomic mass is 10.1. The number of carbonyl (C=O) groups excluding carboxylic acids is 2. The van der Waals surface area contributed by atoms with Gasteiger partial charge in [-0.15, -0.1) is 0 Å². The van der Waals surface area contributed by atoms with Crippen LogP contribution < -0.4 is 0 Å². The molecule has 1 N–H and O–H groups in total. The van der Waals surface area contributed by atoms with Crippen LogP contribution in [-0.4, -0.2) is 36.4 Å². The van der Waals surface area contributed by atoms with Gasteiger partial charge in [-0.1, -0.05) is 127 Å². The number of ether oxygens (including phenoxy) is 2. The number of esters is 2. The Balaban J connectivity index is 3.52. The van der Waals surface area contributed by atoms with Gasteiger partial charge in [-0.05, 0) is 77.0 Å². The van der Waals surface area contributed by atoms with Crippen LogP contribution in [0.5, 0.6) is 0 Å². The molecule has 0 radical (unpaired) electrons. The minimum absolute atomic E-state index is 0.131. The van der Waals surface area contributed by atoms with Crippen molar-refractivity contribution in [1.82, 2.24) is 0 Å². The van der Waals surface area contributed by atoms with E-state index < -0.39 is 6.10 Å². The molecule has 0 aromatic carbocycles. The van der Waals surface area contributed by atoms with E-state index in [2.05, 4.69) is 62.5 Å². The van der Waals surface area contributed by atoms with Crippen molar-refractivity contribution in [2.24, 2.45) is 0 Å². The molecule has 0 heterocycles. The zero-order valence-electron chi connectivity index (χ0n) is 28.7. The standard InChI is InChI=1S/C39H68O5/c1-3-5-7-9-11-13-15-17-19-21-23-25-27-29-31-33-38(41)43-35-37(40)36-44-39(42)34-32-30-28-26-24-22-20-18-16-14-12-10-8-6-4-2/h11,13-14,16-17,19,23,25,37,40H,3-10,12,15,18,20-22,24,26-36H2,1-2H3/b13-11-,16-14-,19-17-,25-23-/t37-/m0/s1. The fraction of sp³-hybridized carbons (Fsp3) is 0.744. The van der Waals surface area contributed by atoms with Gasteiger partial charge in [0, 0.05) is 12.8 Å². The SMILES string of the molecule is CCCCC/C=C\C/C=C\C/C=C\CCCCC(=O)OC[C@H](O)COC(=O)CCCCCCCCC/C=C\CCCCCC. The van der Waals surface area contributed by atoms with E-state index in [9.17, 15) is 14.7 Å². The largest absolute Gasteiger partial charge is 0.463 e. The minimum atomic E-state index is -0.980. The topological polar surface area (TPSA) is 72.8 Å². The lowest BCUT2D eigenvalue weighted by Gasteiger charge is -2.12. The molecule has 0 amide bonds. The molecule has 1 atom stereocenters. The number of aliphatic hydroxyl groups is 1. The summed E-state index contributed by atoms with van der Waals surface area (Å²) in [5, 5.41) is 9.98. The molecular formula is C39H68O5. The highest BCUT2D eigenvalue weighted by atomic mass is 16.6. The van der Waals surface area contributed by atoms with Gasteiger partial charge in [-0.2, -0.15) is 0 Å². The first kappa shape index (κ1) is 41.9. The Morgan fingerprint density at radius 2 is 0.795 bits per heavy atom. The van der Waals surface area contributed by atoms with Crippen molar-refractivity contribution in [2.45, 2.75) is 174 Å². The Morgan fingerprint density at radius 3 is 1.30 bits per heavy atom. The number of aliphatic hydroxyl groups excluding tert-OH is 1. The zero-order valence-corrected chi connectivity index (χ0v) is 28.7. The first-order valence-corrected chi connectivity index (χ1v) is 18.2. The van der Waals surface area contributed by atoms with Gasteiger partial charge in [0.25, 0.3) is 0 Å². The van der Waals surface area contributed by atoms with Gasteiger partial charge in [0.05, 0.1) is 0 Å². The highest BCUT2D eigenvalue weighted by Gasteiger charge is 2.12. The number of hydrogen-bond donors (Lipinski definition) is 1. The van der Waals surface area contributed by atoms with Crippen molar-refractivity contribution in [3.8, 4) is 0 Å². The summed E-state index contributed by atoms with van der Waals surface area (Å²) >= 11 is 0. The summed E-state index contributed by atoms with van der Waals surface area (Å²) < 4.78 is 10.3. The quantitative estimate of drug-likeness (QED) is 0.0462. The summed E-state index contributed by atoms with van der Waals surface area (Å²) in [5.41, 5.74) is 0. The van der Waals surface area contributed by atoms with E-state index >= 15 is 0 Å². The third kappa shape index (κ3) is 34.4. The maximum atomic E-state index is 11.9. The fourth-order valence-electron chi connectivity index (χ4n) is 4.73. The molecule has 0 bridgehead atoms. The van der Waals surface area contributed by atoms with E-state index in [4.69, 9.17) is 9.47 Å². The second-order valence-electron chi connectivity index (χ2n) is 12.0. The Bertz CT molecular complexity index is 752. The highest BCUT2D eigenvalue weighted by molar-refractivity contribution is 5.69. The molecule has 254 valence electrons. The van der Waals surface area contributed by atoms with Crippen molar-refractivity contribution >= 4 is 11.9 Å². The molecule has 0 saturated carbocycles. The Morgan fingerprint density at radius 1 is 0.477 bits per heavy atom. The second-order valence-corrected chi connectivity index (χ2v) is 12.0. The highest BCUT2D eigenvalue weighted by Crippen LogP contribution is 2.11. The number of allylic oxidation sites excluding steroid dienone is 8. The van der Waals surface area contributed by atoms with Crippen LogP contribution in [0.2, 0.25) is 0 Å². The Labute approximate surface area is 271 Å². The molecule has 0 aromatic heterocycles. The first-order chi connectivity index (χ1) is 21.6. The Hall–Kier alpha value is -2.14. The van der Waals surface area contributed by atoms with Crippen molar-refractivity contribution in [2.75, 3.05) is 13.2 Å².